The summed E-state index contributed by atoms with van der Waals surface area (Å²) in [5.74, 6) is 0. The Morgan fingerprint density at radius 1 is 1.03 bits per heavy atom. The Bertz CT molecular complexity index is 1150. The summed E-state index contributed by atoms with van der Waals surface area (Å²) in [6, 6.07) is 11.7. The van der Waals surface area contributed by atoms with Crippen molar-refractivity contribution in [3.63, 3.8) is 0 Å². The van der Waals surface area contributed by atoms with Gasteiger partial charge in [-0.1, -0.05) is 24.3 Å². The number of aliphatic hydroxyl groups is 2. The zero-order valence-electron chi connectivity index (χ0n) is 19.1. The molecule has 2 aliphatic rings. The molecule has 2 aromatic rings. The zero-order chi connectivity index (χ0) is 25.6. The number of alkyl halides is 3. The van der Waals surface area contributed by atoms with Crippen molar-refractivity contribution in [2.24, 2.45) is 0 Å². The molecular weight excluding hydrogens is 503 g/mol. The highest BCUT2D eigenvalue weighted by atomic mass is 32.2. The fraction of sp³-hybridized carbons (Fsp3) is 0.478. The van der Waals surface area contributed by atoms with Crippen molar-refractivity contribution in [2.75, 3.05) is 44.2 Å². The van der Waals surface area contributed by atoms with Gasteiger partial charge in [0.1, 0.15) is 0 Å². The van der Waals surface area contributed by atoms with Crippen LogP contribution in [0.15, 0.2) is 58.3 Å². The number of hydrogen-bond donors (Lipinski definition) is 3. The number of thiol groups is 1. The number of nitrogens with zero attached hydrogens (tertiary/aromatic N) is 3. The molecule has 2 atom stereocenters. The number of aliphatic hydroxyl groups excluding tert-OH is 1. The smallest absolute Gasteiger partial charge is 0.390 e. The Kier molecular flexibility index (Phi) is 7.17. The highest BCUT2D eigenvalue weighted by Crippen LogP contribution is 2.39. The lowest BCUT2D eigenvalue weighted by Crippen LogP contribution is -2.62. The quantitative estimate of drug-likeness (QED) is 0.497. The lowest BCUT2D eigenvalue weighted by molar-refractivity contribution is -0.258. The van der Waals surface area contributed by atoms with Crippen molar-refractivity contribution in [1.29, 1.82) is 0 Å². The topological polar surface area (TPSA) is 84.3 Å². The molecule has 0 aliphatic carbocycles. The monoisotopic (exact) mass is 531 g/mol. The number of anilines is 1. The summed E-state index contributed by atoms with van der Waals surface area (Å²) in [6.45, 7) is 2.82. The standard InChI is InChI=1S/C23H28F3N3O4S2/c1-22(31,23(24,25)26)16-6-8-17(9-7-16)29-11-10-28(13-18(29)12-27-14-19(30)15-27)35(32,33)21-5-3-2-4-20(21)34/h2-9,18-19,30-31,34H,10-15H2,1H3/t18-,22-/m0/s1. The Morgan fingerprint density at radius 2 is 1.66 bits per heavy atom. The summed E-state index contributed by atoms with van der Waals surface area (Å²) in [7, 11) is -3.80. The van der Waals surface area contributed by atoms with Crippen LogP contribution in [0.4, 0.5) is 18.9 Å². The molecule has 4 rings (SSSR count). The summed E-state index contributed by atoms with van der Waals surface area (Å²) in [6.07, 6.45) is -5.25. The van der Waals surface area contributed by atoms with Crippen LogP contribution in [0.2, 0.25) is 0 Å². The molecule has 0 bridgehead atoms. The van der Waals surface area contributed by atoms with E-state index in [0.29, 0.717) is 43.7 Å². The summed E-state index contributed by atoms with van der Waals surface area (Å²) < 4.78 is 67.8. The molecule has 2 aromatic carbocycles. The largest absolute Gasteiger partial charge is 0.421 e. The van der Waals surface area contributed by atoms with Gasteiger partial charge in [0.15, 0.2) is 5.60 Å². The van der Waals surface area contributed by atoms with Gasteiger partial charge in [-0.3, -0.25) is 4.90 Å². The molecule has 192 valence electrons. The predicted octanol–water partition coefficient (Wildman–Crippen LogP) is 2.30. The van der Waals surface area contributed by atoms with Gasteiger partial charge in [-0.15, -0.1) is 12.6 Å². The Labute approximate surface area is 208 Å². The first-order chi connectivity index (χ1) is 16.3. The van der Waals surface area contributed by atoms with E-state index >= 15 is 0 Å². The van der Waals surface area contributed by atoms with E-state index in [0.717, 1.165) is 0 Å². The third-order valence-electron chi connectivity index (χ3n) is 6.65. The van der Waals surface area contributed by atoms with Crippen LogP contribution in [0.25, 0.3) is 0 Å². The van der Waals surface area contributed by atoms with E-state index in [4.69, 9.17) is 0 Å². The van der Waals surface area contributed by atoms with Gasteiger partial charge in [-0.2, -0.15) is 17.5 Å². The third kappa shape index (κ3) is 5.18. The summed E-state index contributed by atoms with van der Waals surface area (Å²) in [5.41, 5.74) is -2.63. The predicted molar refractivity (Wildman–Crippen MR) is 128 cm³/mol. The normalized spacial score (nSPS) is 22.6. The molecule has 0 unspecified atom stereocenters. The number of halogens is 3. The molecule has 35 heavy (non-hydrogen) atoms. The second-order valence-corrected chi connectivity index (χ2v) is 11.6. The molecule has 2 saturated heterocycles. The number of benzene rings is 2. The highest BCUT2D eigenvalue weighted by molar-refractivity contribution is 7.90. The van der Waals surface area contributed by atoms with E-state index in [1.165, 1.54) is 34.6 Å². The van der Waals surface area contributed by atoms with Crippen LogP contribution < -0.4 is 4.90 Å². The molecule has 2 aliphatic heterocycles. The van der Waals surface area contributed by atoms with Crippen LogP contribution in [0, 0.1) is 0 Å². The van der Waals surface area contributed by atoms with Crippen molar-refractivity contribution in [3.8, 4) is 0 Å². The fourth-order valence-corrected chi connectivity index (χ4v) is 6.54. The van der Waals surface area contributed by atoms with E-state index in [1.807, 2.05) is 9.80 Å². The maximum absolute atomic E-state index is 13.3. The first-order valence-electron chi connectivity index (χ1n) is 11.2. The molecule has 0 saturated carbocycles. The van der Waals surface area contributed by atoms with Gasteiger partial charge in [0.25, 0.3) is 0 Å². The first kappa shape index (κ1) is 26.2. The fourth-order valence-electron chi connectivity index (χ4n) is 4.49. The second-order valence-electron chi connectivity index (χ2n) is 9.17. The van der Waals surface area contributed by atoms with Crippen molar-refractivity contribution >= 4 is 28.3 Å². The minimum atomic E-state index is -4.82. The van der Waals surface area contributed by atoms with Crippen LogP contribution in [-0.2, 0) is 15.6 Å². The van der Waals surface area contributed by atoms with Crippen molar-refractivity contribution in [3.05, 3.63) is 54.1 Å². The van der Waals surface area contributed by atoms with E-state index in [-0.39, 0.29) is 29.6 Å². The number of likely N-dealkylation sites (tertiary alicyclic amines) is 1. The van der Waals surface area contributed by atoms with Gasteiger partial charge in [0, 0.05) is 49.9 Å². The Hall–Kier alpha value is -1.83. The molecule has 2 N–H and O–H groups in total. The van der Waals surface area contributed by atoms with Gasteiger partial charge < -0.3 is 15.1 Å². The van der Waals surface area contributed by atoms with E-state index in [1.54, 1.807) is 18.2 Å². The van der Waals surface area contributed by atoms with Gasteiger partial charge in [-0.05, 0) is 36.8 Å². The number of sulfonamides is 1. The van der Waals surface area contributed by atoms with E-state index < -0.39 is 27.9 Å². The van der Waals surface area contributed by atoms with Gasteiger partial charge >= 0.3 is 6.18 Å². The molecule has 0 aromatic heterocycles. The Morgan fingerprint density at radius 3 is 2.23 bits per heavy atom. The maximum Gasteiger partial charge on any atom is 0.421 e. The van der Waals surface area contributed by atoms with Gasteiger partial charge in [0.05, 0.1) is 17.0 Å². The minimum Gasteiger partial charge on any atom is -0.390 e. The third-order valence-corrected chi connectivity index (χ3v) is 9.11. The molecule has 12 heteroatoms. The van der Waals surface area contributed by atoms with Crippen LogP contribution in [0.3, 0.4) is 0 Å². The van der Waals surface area contributed by atoms with Crippen molar-refractivity contribution in [1.82, 2.24) is 9.21 Å². The molecule has 7 nitrogen and oxygen atoms in total. The molecular formula is C23H28F3N3O4S2. The van der Waals surface area contributed by atoms with Crippen LogP contribution in [0.5, 0.6) is 0 Å². The minimum absolute atomic E-state index is 0.119. The molecule has 0 spiro atoms. The molecule has 0 amide bonds. The maximum atomic E-state index is 13.3. The zero-order valence-corrected chi connectivity index (χ0v) is 20.8. The lowest BCUT2D eigenvalue weighted by Gasteiger charge is -2.46. The average Bonchev–Trinajstić information content (AvgIpc) is 2.77. The van der Waals surface area contributed by atoms with E-state index in [2.05, 4.69) is 12.6 Å². The lowest BCUT2D eigenvalue weighted by atomic mass is 9.95. The van der Waals surface area contributed by atoms with Crippen molar-refractivity contribution in [2.45, 2.75) is 40.6 Å². The van der Waals surface area contributed by atoms with Gasteiger partial charge in [0.2, 0.25) is 10.0 Å². The summed E-state index contributed by atoms with van der Waals surface area (Å²) in [5, 5.41) is 19.6. The number of piperazine rings is 1. The highest BCUT2D eigenvalue weighted by Gasteiger charge is 2.51. The molecule has 0 radical (unpaired) electrons. The molecule has 2 heterocycles. The number of β-amino-alcohol motifs (C(OH)–C–C–N with tert-alkyl or cyclic N) is 1. The average molecular weight is 532 g/mol. The SMILES string of the molecule is C[C@](O)(c1ccc(N2CCN(S(=O)(=O)c3ccccc3S)C[C@@H]2CN2CC(O)C2)cc1)C(F)(F)F. The first-order valence-corrected chi connectivity index (χ1v) is 13.0. The van der Waals surface area contributed by atoms with Crippen LogP contribution in [0.1, 0.15) is 12.5 Å². The summed E-state index contributed by atoms with van der Waals surface area (Å²) >= 11 is 4.30. The van der Waals surface area contributed by atoms with Crippen molar-refractivity contribution < 1.29 is 31.8 Å². The van der Waals surface area contributed by atoms with Gasteiger partial charge in [-0.25, -0.2) is 8.42 Å². The number of rotatable bonds is 6. The summed E-state index contributed by atoms with van der Waals surface area (Å²) in [4.78, 5) is 4.45. The molecule has 2 fully saturated rings. The second kappa shape index (κ2) is 9.56. The van der Waals surface area contributed by atoms with E-state index in [9.17, 15) is 31.8 Å². The number of hydrogen-bond acceptors (Lipinski definition) is 7. The van der Waals surface area contributed by atoms with Crippen LogP contribution in [-0.4, -0.2) is 85.4 Å². The van der Waals surface area contributed by atoms with Crippen LogP contribution >= 0.6 is 12.6 Å². The Balaban J connectivity index is 1.59.